The molecule has 0 heterocycles. The van der Waals surface area contributed by atoms with E-state index in [1.165, 1.54) is 6.07 Å². The Hall–Kier alpha value is -1.76. The van der Waals surface area contributed by atoms with Crippen molar-refractivity contribution in [2.45, 2.75) is 44.8 Å². The molecule has 2 fully saturated rings. The first kappa shape index (κ1) is 17.1. The third-order valence-corrected chi connectivity index (χ3v) is 5.20. The van der Waals surface area contributed by atoms with Crippen LogP contribution < -0.4 is 15.8 Å². The largest absolute Gasteiger partial charge is 0.432 e. The minimum absolute atomic E-state index is 0.139. The zero-order chi connectivity index (χ0) is 17.3. The van der Waals surface area contributed by atoms with Crippen LogP contribution in [0, 0.1) is 23.6 Å². The lowest BCUT2D eigenvalue weighted by Gasteiger charge is -2.43. The second-order valence-corrected chi connectivity index (χ2v) is 6.71. The van der Waals surface area contributed by atoms with Gasteiger partial charge in [-0.1, -0.05) is 6.42 Å². The smallest absolute Gasteiger partial charge is 0.387 e. The summed E-state index contributed by atoms with van der Waals surface area (Å²) in [7, 11) is 0. The fraction of sp³-hybridized carbons (Fsp3) is 0.588. The van der Waals surface area contributed by atoms with Gasteiger partial charge < -0.3 is 15.8 Å². The number of benzene rings is 1. The SMILES string of the molecule is NC1C2CCCC1CC(C(=O)Nc1ccc(OC(F)F)c(F)c1)C2. The van der Waals surface area contributed by atoms with Crippen molar-refractivity contribution < 1.29 is 22.7 Å². The van der Waals surface area contributed by atoms with E-state index in [0.29, 0.717) is 11.8 Å². The molecule has 0 aliphatic heterocycles. The number of ether oxygens (including phenoxy) is 1. The first-order valence-electron chi connectivity index (χ1n) is 8.25. The molecular weight excluding hydrogens is 321 g/mol. The van der Waals surface area contributed by atoms with Crippen molar-refractivity contribution in [1.82, 2.24) is 0 Å². The van der Waals surface area contributed by atoms with Crippen LogP contribution in [0.2, 0.25) is 0 Å². The van der Waals surface area contributed by atoms with Crippen LogP contribution in [-0.4, -0.2) is 18.6 Å². The Bertz CT molecular complexity index is 597. The van der Waals surface area contributed by atoms with E-state index in [2.05, 4.69) is 10.1 Å². The third kappa shape index (κ3) is 3.66. The highest BCUT2D eigenvalue weighted by Gasteiger charge is 2.40. The zero-order valence-electron chi connectivity index (χ0n) is 13.2. The number of carbonyl (C=O) groups is 1. The Balaban J connectivity index is 1.64. The van der Waals surface area contributed by atoms with Crippen molar-refractivity contribution in [3.05, 3.63) is 24.0 Å². The molecule has 1 amide bonds. The highest BCUT2D eigenvalue weighted by Crippen LogP contribution is 2.42. The van der Waals surface area contributed by atoms with Crippen LogP contribution in [0.15, 0.2) is 18.2 Å². The summed E-state index contributed by atoms with van der Waals surface area (Å²) in [6, 6.07) is 3.60. The lowest BCUT2D eigenvalue weighted by molar-refractivity contribution is -0.122. The van der Waals surface area contributed by atoms with Gasteiger partial charge in [-0.3, -0.25) is 4.79 Å². The number of hydrogen-bond donors (Lipinski definition) is 2. The maximum Gasteiger partial charge on any atom is 0.387 e. The number of halogens is 3. The predicted octanol–water partition coefficient (Wildman–Crippen LogP) is 3.52. The Morgan fingerprint density at radius 1 is 1.25 bits per heavy atom. The predicted molar refractivity (Wildman–Crippen MR) is 83.2 cm³/mol. The lowest BCUT2D eigenvalue weighted by atomic mass is 9.65. The molecule has 3 rings (SSSR count). The molecule has 2 bridgehead atoms. The van der Waals surface area contributed by atoms with Crippen molar-refractivity contribution in [3.63, 3.8) is 0 Å². The minimum Gasteiger partial charge on any atom is -0.432 e. The molecule has 0 saturated heterocycles. The number of hydrogen-bond acceptors (Lipinski definition) is 3. The van der Waals surface area contributed by atoms with Gasteiger partial charge in [-0.05, 0) is 49.7 Å². The monoisotopic (exact) mass is 342 g/mol. The summed E-state index contributed by atoms with van der Waals surface area (Å²) in [4.78, 5) is 12.5. The molecule has 1 aromatic rings. The highest BCUT2D eigenvalue weighted by atomic mass is 19.3. The summed E-state index contributed by atoms with van der Waals surface area (Å²) in [6.07, 6.45) is 4.76. The van der Waals surface area contributed by atoms with Gasteiger partial charge >= 0.3 is 6.61 Å². The molecule has 0 radical (unpaired) electrons. The summed E-state index contributed by atoms with van der Waals surface area (Å²) in [5, 5.41) is 2.67. The number of amides is 1. The van der Waals surface area contributed by atoms with E-state index in [1.807, 2.05) is 0 Å². The number of rotatable bonds is 4. The first-order valence-corrected chi connectivity index (χ1v) is 8.25. The average Bonchev–Trinajstić information content (AvgIpc) is 2.49. The van der Waals surface area contributed by atoms with E-state index in [0.717, 1.165) is 44.2 Å². The molecule has 132 valence electrons. The van der Waals surface area contributed by atoms with E-state index in [1.54, 1.807) is 0 Å². The van der Waals surface area contributed by atoms with Gasteiger partial charge in [-0.15, -0.1) is 0 Å². The summed E-state index contributed by atoms with van der Waals surface area (Å²) < 4.78 is 42.0. The molecule has 3 N–H and O–H groups in total. The molecule has 0 aromatic heterocycles. The maximum absolute atomic E-state index is 13.7. The number of alkyl halides is 2. The zero-order valence-corrected chi connectivity index (χ0v) is 13.2. The number of anilines is 1. The molecular formula is C17H21F3N2O2. The third-order valence-electron chi connectivity index (χ3n) is 5.20. The number of nitrogens with one attached hydrogen (secondary N) is 1. The van der Waals surface area contributed by atoms with Crippen LogP contribution in [0.4, 0.5) is 18.9 Å². The topological polar surface area (TPSA) is 64.4 Å². The molecule has 4 nitrogen and oxygen atoms in total. The fourth-order valence-electron chi connectivity index (χ4n) is 4.02. The van der Waals surface area contributed by atoms with E-state index in [-0.39, 0.29) is 23.6 Å². The Kier molecular flexibility index (Phi) is 4.99. The molecule has 7 heteroatoms. The van der Waals surface area contributed by atoms with Gasteiger partial charge in [-0.25, -0.2) is 4.39 Å². The number of fused-ring (bicyclic) bond motifs is 2. The van der Waals surface area contributed by atoms with Crippen molar-refractivity contribution in [2.24, 2.45) is 23.5 Å². The highest BCUT2D eigenvalue weighted by molar-refractivity contribution is 5.92. The average molecular weight is 342 g/mol. The second-order valence-electron chi connectivity index (χ2n) is 6.71. The van der Waals surface area contributed by atoms with Crippen LogP contribution in [0.25, 0.3) is 0 Å². The molecule has 24 heavy (non-hydrogen) atoms. The molecule has 1 aromatic carbocycles. The van der Waals surface area contributed by atoms with Gasteiger partial charge in [0.25, 0.3) is 0 Å². The standard InChI is InChI=1S/C17H21F3N2O2/c18-13-8-12(4-5-14(13)24-17(19)20)22-16(23)11-6-9-2-1-3-10(7-11)15(9)21/h4-5,8-11,15,17H,1-3,6-7,21H2,(H,22,23). The molecule has 2 unspecified atom stereocenters. The first-order chi connectivity index (χ1) is 11.4. The van der Waals surface area contributed by atoms with Gasteiger partial charge in [0.05, 0.1) is 0 Å². The van der Waals surface area contributed by atoms with E-state index in [4.69, 9.17) is 5.73 Å². The summed E-state index contributed by atoms with van der Waals surface area (Å²) in [6.45, 7) is -3.09. The fourth-order valence-corrected chi connectivity index (χ4v) is 4.02. The minimum atomic E-state index is -3.09. The summed E-state index contributed by atoms with van der Waals surface area (Å²) in [5.74, 6) is -1.05. The van der Waals surface area contributed by atoms with Gasteiger partial charge in [0.1, 0.15) is 0 Å². The van der Waals surface area contributed by atoms with E-state index >= 15 is 0 Å². The van der Waals surface area contributed by atoms with Crippen molar-refractivity contribution in [2.75, 3.05) is 5.32 Å². The molecule has 2 aliphatic carbocycles. The van der Waals surface area contributed by atoms with Crippen LogP contribution in [0.1, 0.15) is 32.1 Å². The van der Waals surface area contributed by atoms with Gasteiger partial charge in [-0.2, -0.15) is 8.78 Å². The summed E-state index contributed by atoms with van der Waals surface area (Å²) in [5.41, 5.74) is 6.45. The lowest BCUT2D eigenvalue weighted by Crippen LogP contribution is -2.48. The second kappa shape index (κ2) is 7.01. The van der Waals surface area contributed by atoms with E-state index < -0.39 is 18.2 Å². The van der Waals surface area contributed by atoms with Crippen molar-refractivity contribution >= 4 is 11.6 Å². The number of carbonyl (C=O) groups excluding carboxylic acids is 1. The number of nitrogens with two attached hydrogens (primary N) is 1. The van der Waals surface area contributed by atoms with E-state index in [9.17, 15) is 18.0 Å². The normalized spacial score (nSPS) is 29.4. The van der Waals surface area contributed by atoms with Crippen LogP contribution in [-0.2, 0) is 4.79 Å². The molecule has 0 spiro atoms. The van der Waals surface area contributed by atoms with Gasteiger partial charge in [0.15, 0.2) is 11.6 Å². The maximum atomic E-state index is 13.7. The Morgan fingerprint density at radius 2 is 1.92 bits per heavy atom. The molecule has 2 aliphatic rings. The molecule has 2 atom stereocenters. The van der Waals surface area contributed by atoms with Crippen LogP contribution >= 0.6 is 0 Å². The van der Waals surface area contributed by atoms with Gasteiger partial charge in [0.2, 0.25) is 5.91 Å². The quantitative estimate of drug-likeness (QED) is 0.880. The van der Waals surface area contributed by atoms with Crippen molar-refractivity contribution in [3.8, 4) is 5.75 Å². The van der Waals surface area contributed by atoms with Crippen molar-refractivity contribution in [1.29, 1.82) is 0 Å². The Labute approximate surface area is 138 Å². The molecule has 2 saturated carbocycles. The van der Waals surface area contributed by atoms with Crippen LogP contribution in [0.3, 0.4) is 0 Å². The summed E-state index contributed by atoms with van der Waals surface area (Å²) >= 11 is 0. The Morgan fingerprint density at radius 3 is 2.50 bits per heavy atom. The van der Waals surface area contributed by atoms with Gasteiger partial charge in [0, 0.05) is 23.7 Å². The van der Waals surface area contributed by atoms with Crippen LogP contribution in [0.5, 0.6) is 5.75 Å².